The van der Waals surface area contributed by atoms with Crippen LogP contribution in [0.2, 0.25) is 18.1 Å². The molecule has 116 valence electrons. The lowest BCUT2D eigenvalue weighted by Gasteiger charge is -2.35. The van der Waals surface area contributed by atoms with Gasteiger partial charge in [0, 0.05) is 13.0 Å². The summed E-state index contributed by atoms with van der Waals surface area (Å²) in [4.78, 5) is 0. The number of aliphatic hydroxyl groups excluding tert-OH is 1. The van der Waals surface area contributed by atoms with Crippen molar-refractivity contribution in [2.45, 2.75) is 83.5 Å². The van der Waals surface area contributed by atoms with Gasteiger partial charge in [-0.15, -0.1) is 0 Å². The molecule has 1 saturated carbocycles. The van der Waals surface area contributed by atoms with Gasteiger partial charge >= 0.3 is 0 Å². The van der Waals surface area contributed by atoms with E-state index < -0.39 is 14.4 Å². The molecule has 0 aromatic heterocycles. The maximum Gasteiger partial charge on any atom is 0.192 e. The van der Waals surface area contributed by atoms with Crippen molar-refractivity contribution < 1.29 is 9.53 Å². The van der Waals surface area contributed by atoms with Crippen LogP contribution in [0.1, 0.15) is 59.3 Å². The largest absolute Gasteiger partial charge is 0.416 e. The minimum atomic E-state index is -1.64. The lowest BCUT2D eigenvalue weighted by molar-refractivity contribution is 0.133. The Balaban J connectivity index is 2.29. The van der Waals surface area contributed by atoms with Crippen LogP contribution in [0.25, 0.3) is 0 Å². The van der Waals surface area contributed by atoms with Gasteiger partial charge in [0.15, 0.2) is 8.32 Å². The highest BCUT2D eigenvalue weighted by Crippen LogP contribution is 2.36. The molecule has 0 aromatic carbocycles. The molecule has 0 bridgehead atoms. The monoisotopic (exact) mass is 296 g/mol. The Morgan fingerprint density at radius 1 is 1.20 bits per heavy atom. The Kier molecular flexibility index (Phi) is 6.77. The Labute approximate surface area is 126 Å². The third-order valence-electron chi connectivity index (χ3n) is 4.84. The molecule has 0 spiro atoms. The molecular weight excluding hydrogens is 264 g/mol. The van der Waals surface area contributed by atoms with E-state index in [1.165, 1.54) is 19.3 Å². The van der Waals surface area contributed by atoms with Crippen molar-refractivity contribution in [1.82, 2.24) is 0 Å². The van der Waals surface area contributed by atoms with Gasteiger partial charge in [-0.1, -0.05) is 51.9 Å². The molecule has 1 aliphatic carbocycles. The summed E-state index contributed by atoms with van der Waals surface area (Å²) in [5, 5.41) is 10.3. The van der Waals surface area contributed by atoms with Crippen LogP contribution in [0.15, 0.2) is 0 Å². The van der Waals surface area contributed by atoms with Gasteiger partial charge in [0.1, 0.15) is 6.10 Å². The molecule has 1 rings (SSSR count). The van der Waals surface area contributed by atoms with E-state index in [-0.39, 0.29) is 5.04 Å². The van der Waals surface area contributed by atoms with Crippen molar-refractivity contribution in [3.8, 4) is 11.8 Å². The van der Waals surface area contributed by atoms with Crippen molar-refractivity contribution in [2.75, 3.05) is 6.61 Å². The van der Waals surface area contributed by atoms with Crippen molar-refractivity contribution in [2.24, 2.45) is 5.92 Å². The van der Waals surface area contributed by atoms with E-state index in [0.717, 1.165) is 19.3 Å². The van der Waals surface area contributed by atoms with Gasteiger partial charge < -0.3 is 9.53 Å². The van der Waals surface area contributed by atoms with Gasteiger partial charge in [0.05, 0.1) is 0 Å². The van der Waals surface area contributed by atoms with Crippen molar-refractivity contribution >= 4 is 8.32 Å². The van der Waals surface area contributed by atoms with Crippen molar-refractivity contribution in [1.29, 1.82) is 0 Å². The van der Waals surface area contributed by atoms with E-state index >= 15 is 0 Å². The predicted molar refractivity (Wildman–Crippen MR) is 88.1 cm³/mol. The molecule has 2 nitrogen and oxygen atoms in total. The van der Waals surface area contributed by atoms with E-state index in [1.54, 1.807) is 0 Å². The zero-order chi connectivity index (χ0) is 15.2. The van der Waals surface area contributed by atoms with Gasteiger partial charge in [0.2, 0.25) is 0 Å². The first-order valence-corrected chi connectivity index (χ1v) is 11.0. The molecule has 0 amide bonds. The topological polar surface area (TPSA) is 29.5 Å². The Morgan fingerprint density at radius 3 is 2.35 bits per heavy atom. The fourth-order valence-corrected chi connectivity index (χ4v) is 3.36. The fraction of sp³-hybridized carbons (Fsp3) is 0.882. The van der Waals surface area contributed by atoms with Gasteiger partial charge in [-0.2, -0.15) is 0 Å². The first kappa shape index (κ1) is 17.7. The summed E-state index contributed by atoms with van der Waals surface area (Å²) in [7, 11) is -1.64. The Morgan fingerprint density at radius 2 is 1.80 bits per heavy atom. The summed E-state index contributed by atoms with van der Waals surface area (Å²) in [6, 6.07) is 0. The Hall–Kier alpha value is -0.303. The van der Waals surface area contributed by atoms with Crippen LogP contribution < -0.4 is 0 Å². The van der Waals surface area contributed by atoms with E-state index in [9.17, 15) is 5.11 Å². The molecule has 0 aromatic rings. The van der Waals surface area contributed by atoms with Crippen LogP contribution >= 0.6 is 0 Å². The van der Waals surface area contributed by atoms with Crippen LogP contribution in [-0.2, 0) is 4.43 Å². The summed E-state index contributed by atoms with van der Waals surface area (Å²) in [6.45, 7) is 12.0. The zero-order valence-corrected chi connectivity index (χ0v) is 15.0. The van der Waals surface area contributed by atoms with Gasteiger partial charge in [0.25, 0.3) is 0 Å². The number of hydrogen-bond donors (Lipinski definition) is 1. The highest BCUT2D eigenvalue weighted by molar-refractivity contribution is 6.74. The first-order valence-electron chi connectivity index (χ1n) is 8.04. The predicted octanol–water partition coefficient (Wildman–Crippen LogP) is 4.34. The van der Waals surface area contributed by atoms with Gasteiger partial charge in [-0.3, -0.25) is 0 Å². The van der Waals surface area contributed by atoms with Crippen molar-refractivity contribution in [3.63, 3.8) is 0 Å². The number of hydrogen-bond acceptors (Lipinski definition) is 2. The normalized spacial score (nSPS) is 19.3. The molecule has 1 aliphatic rings. The smallest absolute Gasteiger partial charge is 0.192 e. The molecule has 0 saturated heterocycles. The molecule has 3 heteroatoms. The second-order valence-corrected chi connectivity index (χ2v) is 12.3. The van der Waals surface area contributed by atoms with Crippen LogP contribution in [0.4, 0.5) is 0 Å². The molecule has 0 radical (unpaired) electrons. The van der Waals surface area contributed by atoms with Gasteiger partial charge in [-0.05, 0) is 36.9 Å². The third kappa shape index (κ3) is 5.59. The molecule has 1 fully saturated rings. The van der Waals surface area contributed by atoms with E-state index in [2.05, 4.69) is 45.7 Å². The lowest BCUT2D eigenvalue weighted by Crippen LogP contribution is -2.40. The zero-order valence-electron chi connectivity index (χ0n) is 14.0. The minimum Gasteiger partial charge on any atom is -0.416 e. The van der Waals surface area contributed by atoms with E-state index in [1.807, 2.05) is 0 Å². The fourth-order valence-electron chi connectivity index (χ4n) is 2.32. The van der Waals surface area contributed by atoms with Crippen LogP contribution in [-0.4, -0.2) is 26.1 Å². The summed E-state index contributed by atoms with van der Waals surface area (Å²) < 4.78 is 6.08. The summed E-state index contributed by atoms with van der Waals surface area (Å²) in [6.07, 6.45) is 6.39. The molecular formula is C17H32O2Si. The summed E-state index contributed by atoms with van der Waals surface area (Å²) in [5.41, 5.74) is 0. The van der Waals surface area contributed by atoms with E-state index in [4.69, 9.17) is 4.43 Å². The second kappa shape index (κ2) is 7.63. The number of aliphatic hydroxyl groups is 1. The minimum absolute atomic E-state index is 0.252. The maximum atomic E-state index is 10.1. The first-order chi connectivity index (χ1) is 9.24. The molecule has 20 heavy (non-hydrogen) atoms. The average Bonchev–Trinajstić information content (AvgIpc) is 2.37. The molecule has 0 aliphatic heterocycles. The van der Waals surface area contributed by atoms with Crippen LogP contribution in [0, 0.1) is 17.8 Å². The number of rotatable bonds is 4. The van der Waals surface area contributed by atoms with E-state index in [0.29, 0.717) is 12.5 Å². The van der Waals surface area contributed by atoms with Crippen molar-refractivity contribution in [3.05, 3.63) is 0 Å². The quantitative estimate of drug-likeness (QED) is 0.475. The third-order valence-corrected chi connectivity index (χ3v) is 9.38. The molecule has 1 atom stereocenters. The molecule has 1 N–H and O–H groups in total. The Bertz CT molecular complexity index is 340. The van der Waals surface area contributed by atoms with Crippen LogP contribution in [0.3, 0.4) is 0 Å². The highest BCUT2D eigenvalue weighted by atomic mass is 28.4. The molecule has 1 unspecified atom stereocenters. The summed E-state index contributed by atoms with van der Waals surface area (Å²) in [5.74, 6) is 6.52. The molecule has 0 heterocycles. The second-order valence-electron chi connectivity index (χ2n) is 7.52. The SMILES string of the molecule is CC(C)(C)[Si](C)(C)OCCC#CC(O)C1CCCCC1. The van der Waals surface area contributed by atoms with Crippen LogP contribution in [0.5, 0.6) is 0 Å². The lowest BCUT2D eigenvalue weighted by atomic mass is 9.85. The highest BCUT2D eigenvalue weighted by Gasteiger charge is 2.36. The average molecular weight is 297 g/mol. The maximum absolute atomic E-state index is 10.1. The standard InChI is InChI=1S/C17H32O2Si/c1-17(2,3)20(4,5)19-14-10-9-13-16(18)15-11-7-6-8-12-15/h15-16,18H,6-8,10-12,14H2,1-5H3. The summed E-state index contributed by atoms with van der Waals surface area (Å²) >= 11 is 0. The van der Waals surface area contributed by atoms with Gasteiger partial charge in [-0.25, -0.2) is 0 Å².